The van der Waals surface area contributed by atoms with Gasteiger partial charge in [-0.15, -0.1) is 24.0 Å². The van der Waals surface area contributed by atoms with Crippen LogP contribution in [0, 0.1) is 0 Å². The molecule has 0 spiro atoms. The highest BCUT2D eigenvalue weighted by atomic mass is 127. The van der Waals surface area contributed by atoms with Crippen LogP contribution in [-0.4, -0.2) is 56.8 Å². The lowest BCUT2D eigenvalue weighted by atomic mass is 10.1. The van der Waals surface area contributed by atoms with Crippen LogP contribution in [0.2, 0.25) is 0 Å². The zero-order valence-corrected chi connectivity index (χ0v) is 19.2. The van der Waals surface area contributed by atoms with Gasteiger partial charge in [0, 0.05) is 43.7 Å². The Labute approximate surface area is 180 Å². The van der Waals surface area contributed by atoms with E-state index in [0.717, 1.165) is 36.0 Å². The standard InChI is InChI=1S/C20H32N4O2.HI/c1-5-25-18-10-15-9-14(2)26-19(15)11-16(18)12-22-20(21-3)23-13-17-7-6-8-24(17)4;/h10-11,14,17H,5-9,12-13H2,1-4H3,(H2,21,22,23);1H. The number of halogens is 1. The maximum absolute atomic E-state index is 5.91. The lowest BCUT2D eigenvalue weighted by molar-refractivity contribution is 0.254. The summed E-state index contributed by atoms with van der Waals surface area (Å²) in [5.74, 6) is 2.73. The van der Waals surface area contributed by atoms with Crippen molar-refractivity contribution >= 4 is 29.9 Å². The minimum atomic E-state index is 0. The largest absolute Gasteiger partial charge is 0.494 e. The molecule has 0 bridgehead atoms. The van der Waals surface area contributed by atoms with Gasteiger partial charge in [0.25, 0.3) is 0 Å². The van der Waals surface area contributed by atoms with Crippen molar-refractivity contribution in [3.63, 3.8) is 0 Å². The van der Waals surface area contributed by atoms with E-state index in [4.69, 9.17) is 9.47 Å². The second kappa shape index (κ2) is 10.4. The Bertz CT molecular complexity index is 653. The van der Waals surface area contributed by atoms with Crippen LogP contribution in [0.25, 0.3) is 0 Å². The molecule has 2 atom stereocenters. The van der Waals surface area contributed by atoms with Gasteiger partial charge in [-0.25, -0.2) is 0 Å². The maximum Gasteiger partial charge on any atom is 0.191 e. The van der Waals surface area contributed by atoms with Crippen LogP contribution in [0.3, 0.4) is 0 Å². The number of likely N-dealkylation sites (N-methyl/N-ethyl adjacent to an activating group) is 1. The summed E-state index contributed by atoms with van der Waals surface area (Å²) in [6.07, 6.45) is 3.71. The number of nitrogens with one attached hydrogen (secondary N) is 2. The highest BCUT2D eigenvalue weighted by molar-refractivity contribution is 14.0. The van der Waals surface area contributed by atoms with E-state index in [9.17, 15) is 0 Å². The van der Waals surface area contributed by atoms with E-state index in [2.05, 4.69) is 46.6 Å². The average Bonchev–Trinajstić information content (AvgIpc) is 3.19. The number of ether oxygens (including phenoxy) is 2. The summed E-state index contributed by atoms with van der Waals surface area (Å²) in [5.41, 5.74) is 2.33. The van der Waals surface area contributed by atoms with Gasteiger partial charge >= 0.3 is 0 Å². The monoisotopic (exact) mass is 488 g/mol. The normalized spacial score (nSPS) is 22.0. The number of fused-ring (bicyclic) bond motifs is 1. The third-order valence-electron chi connectivity index (χ3n) is 5.23. The van der Waals surface area contributed by atoms with Gasteiger partial charge < -0.3 is 25.0 Å². The number of benzene rings is 1. The molecule has 1 aromatic carbocycles. The zero-order chi connectivity index (χ0) is 18.5. The van der Waals surface area contributed by atoms with Gasteiger partial charge in [0.15, 0.2) is 5.96 Å². The van der Waals surface area contributed by atoms with Crippen molar-refractivity contribution in [3.8, 4) is 11.5 Å². The maximum atomic E-state index is 5.91. The van der Waals surface area contributed by atoms with E-state index < -0.39 is 0 Å². The SMILES string of the molecule is CCOc1cc2c(cc1CNC(=NC)NCC1CCCN1C)OC(C)C2.I. The molecule has 0 saturated carbocycles. The van der Waals surface area contributed by atoms with E-state index in [1.807, 2.05) is 14.0 Å². The fourth-order valence-electron chi connectivity index (χ4n) is 3.76. The van der Waals surface area contributed by atoms with Gasteiger partial charge in [-0.05, 0) is 52.4 Å². The van der Waals surface area contributed by atoms with Gasteiger partial charge in [-0.2, -0.15) is 0 Å². The first-order chi connectivity index (χ1) is 12.6. The molecule has 0 aromatic heterocycles. The fourth-order valence-corrected chi connectivity index (χ4v) is 3.76. The molecule has 6 nitrogen and oxygen atoms in total. The molecule has 152 valence electrons. The van der Waals surface area contributed by atoms with Gasteiger partial charge in [-0.3, -0.25) is 4.99 Å². The number of rotatable bonds is 6. The first kappa shape index (κ1) is 22.1. The van der Waals surface area contributed by atoms with Crippen molar-refractivity contribution < 1.29 is 9.47 Å². The second-order valence-electron chi connectivity index (χ2n) is 7.22. The predicted octanol–water partition coefficient (Wildman–Crippen LogP) is 2.79. The summed E-state index contributed by atoms with van der Waals surface area (Å²) in [4.78, 5) is 6.76. The molecular formula is C20H33IN4O2. The number of nitrogens with zero attached hydrogens (tertiary/aromatic N) is 2. The molecule has 2 aliphatic rings. The number of likely N-dealkylation sites (tertiary alicyclic amines) is 1. The molecule has 1 saturated heterocycles. The van der Waals surface area contributed by atoms with Crippen molar-refractivity contribution in [2.45, 2.75) is 51.8 Å². The molecule has 1 aromatic rings. The van der Waals surface area contributed by atoms with E-state index in [0.29, 0.717) is 19.2 Å². The Morgan fingerprint density at radius 3 is 2.85 bits per heavy atom. The molecular weight excluding hydrogens is 455 g/mol. The Hall–Kier alpha value is -1.22. The average molecular weight is 488 g/mol. The van der Waals surface area contributed by atoms with Crippen LogP contribution < -0.4 is 20.1 Å². The summed E-state index contributed by atoms with van der Waals surface area (Å²) in [7, 11) is 4.00. The van der Waals surface area contributed by atoms with E-state index in [-0.39, 0.29) is 30.1 Å². The van der Waals surface area contributed by atoms with E-state index in [1.54, 1.807) is 0 Å². The van der Waals surface area contributed by atoms with Crippen LogP contribution in [0.4, 0.5) is 0 Å². The number of guanidine groups is 1. The molecule has 2 aliphatic heterocycles. The van der Waals surface area contributed by atoms with Gasteiger partial charge in [0.2, 0.25) is 0 Å². The summed E-state index contributed by atoms with van der Waals surface area (Å²) >= 11 is 0. The van der Waals surface area contributed by atoms with Crippen molar-refractivity contribution in [1.82, 2.24) is 15.5 Å². The predicted molar refractivity (Wildman–Crippen MR) is 121 cm³/mol. The quantitative estimate of drug-likeness (QED) is 0.367. The van der Waals surface area contributed by atoms with Crippen molar-refractivity contribution in [3.05, 3.63) is 23.3 Å². The number of hydrogen-bond acceptors (Lipinski definition) is 4. The van der Waals surface area contributed by atoms with Crippen LogP contribution >= 0.6 is 24.0 Å². The third kappa shape index (κ3) is 5.63. The number of hydrogen-bond donors (Lipinski definition) is 2. The highest BCUT2D eigenvalue weighted by Crippen LogP contribution is 2.35. The van der Waals surface area contributed by atoms with Crippen LogP contribution in [0.1, 0.15) is 37.8 Å². The minimum absolute atomic E-state index is 0. The lowest BCUT2D eigenvalue weighted by Crippen LogP contribution is -2.43. The van der Waals surface area contributed by atoms with Crippen molar-refractivity contribution in [1.29, 1.82) is 0 Å². The summed E-state index contributed by atoms with van der Waals surface area (Å²) in [6.45, 7) is 7.53. The molecule has 0 aliphatic carbocycles. The van der Waals surface area contributed by atoms with E-state index >= 15 is 0 Å². The summed E-state index contributed by atoms with van der Waals surface area (Å²) in [6, 6.07) is 4.82. The number of aliphatic imine (C=N–C) groups is 1. The third-order valence-corrected chi connectivity index (χ3v) is 5.23. The Morgan fingerprint density at radius 1 is 1.37 bits per heavy atom. The van der Waals surface area contributed by atoms with Gasteiger partial charge in [-0.1, -0.05) is 0 Å². The Morgan fingerprint density at radius 2 is 2.19 bits per heavy atom. The van der Waals surface area contributed by atoms with Crippen molar-refractivity contribution in [2.24, 2.45) is 4.99 Å². The molecule has 2 heterocycles. The molecule has 1 fully saturated rings. The van der Waals surface area contributed by atoms with Crippen molar-refractivity contribution in [2.75, 3.05) is 33.8 Å². The first-order valence-corrected chi connectivity index (χ1v) is 9.70. The summed E-state index contributed by atoms with van der Waals surface area (Å²) < 4.78 is 11.8. The molecule has 3 rings (SSSR count). The highest BCUT2D eigenvalue weighted by Gasteiger charge is 2.23. The fraction of sp³-hybridized carbons (Fsp3) is 0.650. The molecule has 2 N–H and O–H groups in total. The smallest absolute Gasteiger partial charge is 0.191 e. The molecule has 0 amide bonds. The van der Waals surface area contributed by atoms with Crippen LogP contribution in [0.5, 0.6) is 11.5 Å². The van der Waals surface area contributed by atoms with Crippen LogP contribution in [0.15, 0.2) is 17.1 Å². The second-order valence-corrected chi connectivity index (χ2v) is 7.22. The van der Waals surface area contributed by atoms with Gasteiger partial charge in [0.1, 0.15) is 17.6 Å². The zero-order valence-electron chi connectivity index (χ0n) is 16.9. The topological polar surface area (TPSA) is 58.1 Å². The minimum Gasteiger partial charge on any atom is -0.494 e. The Balaban J connectivity index is 0.00000261. The first-order valence-electron chi connectivity index (χ1n) is 9.70. The van der Waals surface area contributed by atoms with E-state index in [1.165, 1.54) is 24.9 Å². The molecule has 7 heteroatoms. The van der Waals surface area contributed by atoms with Crippen LogP contribution in [-0.2, 0) is 13.0 Å². The molecule has 27 heavy (non-hydrogen) atoms. The summed E-state index contributed by atoms with van der Waals surface area (Å²) in [5, 5.41) is 6.86. The molecule has 2 unspecified atom stereocenters. The van der Waals surface area contributed by atoms with Gasteiger partial charge in [0.05, 0.1) is 6.61 Å². The molecule has 0 radical (unpaired) electrons. The lowest BCUT2D eigenvalue weighted by Gasteiger charge is -2.21. The Kier molecular flexibility index (Phi) is 8.47.